The van der Waals surface area contributed by atoms with Crippen molar-refractivity contribution < 1.29 is 19.4 Å². The van der Waals surface area contributed by atoms with Crippen LogP contribution in [0.3, 0.4) is 0 Å². The van der Waals surface area contributed by atoms with Gasteiger partial charge in [0.25, 0.3) is 5.56 Å². The minimum Gasteiger partial charge on any atom is -0.493 e. The number of aromatic nitrogens is 2. The Balaban J connectivity index is 2.02. The maximum absolute atomic E-state index is 12.6. The van der Waals surface area contributed by atoms with Gasteiger partial charge in [0.15, 0.2) is 11.5 Å². The normalized spacial score (nSPS) is 14.7. The second kappa shape index (κ2) is 6.50. The number of hydrogen-bond acceptors (Lipinski definition) is 6. The van der Waals surface area contributed by atoms with Gasteiger partial charge in [0.05, 0.1) is 25.1 Å². The second-order valence-corrected chi connectivity index (χ2v) is 5.78. The average Bonchev–Trinajstić information content (AvgIpc) is 2.60. The highest BCUT2D eigenvalue weighted by Gasteiger charge is 2.23. The number of carbonyl (C=O) groups is 1. The van der Waals surface area contributed by atoms with Crippen LogP contribution in [0.25, 0.3) is 10.9 Å². The number of nitrogens with zero attached hydrogens (tertiary/aromatic N) is 3. The monoisotopic (exact) mass is 348 g/mol. The lowest BCUT2D eigenvalue weighted by atomic mass is 10.1. The minimum atomic E-state index is -0.938. The molecule has 1 aliphatic heterocycles. The highest BCUT2D eigenvalue weighted by molar-refractivity contribution is 5.86. The Labute approximate surface area is 143 Å². The van der Waals surface area contributed by atoms with E-state index in [0.29, 0.717) is 60.1 Å². The molecule has 0 atom stereocenters. The molecule has 3 rings (SSSR count). The van der Waals surface area contributed by atoms with E-state index in [1.165, 1.54) is 19.1 Å². The Morgan fingerprint density at radius 2 is 1.92 bits per heavy atom. The highest BCUT2D eigenvalue weighted by atomic mass is 16.5. The van der Waals surface area contributed by atoms with Crippen molar-refractivity contribution in [3.63, 3.8) is 0 Å². The van der Waals surface area contributed by atoms with E-state index in [1.54, 1.807) is 13.0 Å². The summed E-state index contributed by atoms with van der Waals surface area (Å²) in [5.41, 5.74) is 0.904. The predicted molar refractivity (Wildman–Crippen MR) is 92.0 cm³/mol. The molecule has 2 N–H and O–H groups in total. The summed E-state index contributed by atoms with van der Waals surface area (Å²) in [4.78, 5) is 34.1. The number of benzene rings is 1. The molecule has 1 aromatic carbocycles. The Kier molecular flexibility index (Phi) is 4.39. The fraction of sp³-hybridized carbons (Fsp3) is 0.438. The number of piperazine rings is 1. The molecule has 1 amide bonds. The van der Waals surface area contributed by atoms with Crippen molar-refractivity contribution in [3.8, 4) is 11.5 Å². The molecule has 9 nitrogen and oxygen atoms in total. The third kappa shape index (κ3) is 2.92. The molecule has 1 fully saturated rings. The summed E-state index contributed by atoms with van der Waals surface area (Å²) in [6.45, 7) is 3.44. The van der Waals surface area contributed by atoms with E-state index < -0.39 is 6.09 Å². The van der Waals surface area contributed by atoms with Gasteiger partial charge in [-0.3, -0.25) is 9.78 Å². The first-order valence-electron chi connectivity index (χ1n) is 7.84. The molecule has 0 spiro atoms. The molecule has 0 unspecified atom stereocenters. The largest absolute Gasteiger partial charge is 0.493 e. The quantitative estimate of drug-likeness (QED) is 0.853. The van der Waals surface area contributed by atoms with E-state index in [4.69, 9.17) is 14.6 Å². The summed E-state index contributed by atoms with van der Waals surface area (Å²) >= 11 is 0. The predicted octanol–water partition coefficient (Wildman–Crippen LogP) is 1.05. The number of hydrogen-bond donors (Lipinski definition) is 2. The van der Waals surface area contributed by atoms with Crippen molar-refractivity contribution in [1.82, 2.24) is 14.9 Å². The van der Waals surface area contributed by atoms with Gasteiger partial charge in [-0.25, -0.2) is 9.78 Å². The second-order valence-electron chi connectivity index (χ2n) is 5.78. The number of aromatic amines is 1. The molecule has 1 aliphatic rings. The van der Waals surface area contributed by atoms with E-state index >= 15 is 0 Å². The van der Waals surface area contributed by atoms with Crippen LogP contribution < -0.4 is 19.9 Å². The summed E-state index contributed by atoms with van der Waals surface area (Å²) in [6.07, 6.45) is -0.938. The van der Waals surface area contributed by atoms with Gasteiger partial charge < -0.3 is 24.4 Å². The fourth-order valence-electron chi connectivity index (χ4n) is 3.10. The van der Waals surface area contributed by atoms with Crippen molar-refractivity contribution in [1.29, 1.82) is 0 Å². The van der Waals surface area contributed by atoms with Crippen molar-refractivity contribution in [3.05, 3.63) is 22.0 Å². The maximum atomic E-state index is 12.6. The first kappa shape index (κ1) is 16.9. The van der Waals surface area contributed by atoms with Crippen LogP contribution in [0.4, 0.5) is 10.7 Å². The van der Waals surface area contributed by atoms with E-state index in [9.17, 15) is 9.59 Å². The first-order chi connectivity index (χ1) is 12.0. The Morgan fingerprint density at radius 1 is 1.24 bits per heavy atom. The van der Waals surface area contributed by atoms with Crippen LogP contribution in [-0.2, 0) is 0 Å². The number of anilines is 1. The molecule has 9 heteroatoms. The topological polar surface area (TPSA) is 108 Å². The van der Waals surface area contributed by atoms with E-state index in [0.717, 1.165) is 0 Å². The number of nitrogens with one attached hydrogen (secondary N) is 1. The zero-order chi connectivity index (χ0) is 18.1. The number of ether oxygens (including phenoxy) is 2. The molecule has 0 radical (unpaired) electrons. The molecule has 2 aromatic rings. The van der Waals surface area contributed by atoms with E-state index in [2.05, 4.69) is 9.97 Å². The zero-order valence-corrected chi connectivity index (χ0v) is 14.3. The molecule has 1 aromatic heterocycles. The van der Waals surface area contributed by atoms with Crippen LogP contribution in [0.2, 0.25) is 0 Å². The third-order valence-corrected chi connectivity index (χ3v) is 4.42. The Bertz CT molecular complexity index is 871. The lowest BCUT2D eigenvalue weighted by molar-refractivity contribution is 0.142. The molecule has 0 saturated carbocycles. The van der Waals surface area contributed by atoms with Gasteiger partial charge in [-0.1, -0.05) is 0 Å². The minimum absolute atomic E-state index is 0.265. The van der Waals surface area contributed by atoms with Crippen molar-refractivity contribution in [2.75, 3.05) is 45.3 Å². The summed E-state index contributed by atoms with van der Waals surface area (Å²) in [5, 5.41) is 9.48. The summed E-state index contributed by atoms with van der Waals surface area (Å²) in [6, 6.07) is 1.67. The van der Waals surface area contributed by atoms with Gasteiger partial charge in [0, 0.05) is 37.8 Å². The number of rotatable bonds is 3. The van der Waals surface area contributed by atoms with Gasteiger partial charge in [-0.2, -0.15) is 0 Å². The van der Waals surface area contributed by atoms with Crippen LogP contribution in [0.15, 0.2) is 10.9 Å². The van der Waals surface area contributed by atoms with E-state index in [1.807, 2.05) is 4.90 Å². The number of methoxy groups -OCH3 is 2. The fourth-order valence-corrected chi connectivity index (χ4v) is 3.10. The van der Waals surface area contributed by atoms with Crippen molar-refractivity contribution in [2.24, 2.45) is 0 Å². The molecule has 25 heavy (non-hydrogen) atoms. The number of H-pyrrole nitrogens is 1. The van der Waals surface area contributed by atoms with Gasteiger partial charge in [-0.05, 0) is 6.92 Å². The van der Waals surface area contributed by atoms with Gasteiger partial charge in [0.2, 0.25) is 5.95 Å². The van der Waals surface area contributed by atoms with E-state index in [-0.39, 0.29) is 5.56 Å². The summed E-state index contributed by atoms with van der Waals surface area (Å²) in [5.74, 6) is 1.44. The number of carboxylic acid groups (broad SMARTS) is 1. The van der Waals surface area contributed by atoms with Crippen LogP contribution in [-0.4, -0.2) is 66.5 Å². The van der Waals surface area contributed by atoms with Crippen LogP contribution in [0.5, 0.6) is 11.5 Å². The summed E-state index contributed by atoms with van der Waals surface area (Å²) < 4.78 is 10.7. The van der Waals surface area contributed by atoms with Gasteiger partial charge in [-0.15, -0.1) is 0 Å². The van der Waals surface area contributed by atoms with Gasteiger partial charge in [0.1, 0.15) is 0 Å². The van der Waals surface area contributed by atoms with Crippen LogP contribution in [0, 0.1) is 6.92 Å². The molecular weight excluding hydrogens is 328 g/mol. The first-order valence-corrected chi connectivity index (χ1v) is 7.84. The van der Waals surface area contributed by atoms with Crippen LogP contribution >= 0.6 is 0 Å². The molecule has 0 bridgehead atoms. The lowest BCUT2D eigenvalue weighted by Gasteiger charge is -2.33. The molecule has 1 saturated heterocycles. The van der Waals surface area contributed by atoms with Gasteiger partial charge >= 0.3 is 6.09 Å². The number of amides is 1. The Morgan fingerprint density at radius 3 is 2.48 bits per heavy atom. The average molecular weight is 348 g/mol. The number of aryl methyl sites for hydroxylation is 1. The smallest absolute Gasteiger partial charge is 0.407 e. The highest BCUT2D eigenvalue weighted by Crippen LogP contribution is 2.35. The molecular formula is C16H20N4O5. The SMILES string of the molecule is COc1cc2nc(N3CCN(C(=O)O)CC3)[nH]c(=O)c2c(C)c1OC. The maximum Gasteiger partial charge on any atom is 0.407 e. The standard InChI is InChI=1S/C16H20N4O5/c1-9-12-10(8-11(24-2)13(9)25-3)17-15(18-14(12)21)19-4-6-20(7-5-19)16(22)23/h8H,4-7H2,1-3H3,(H,22,23)(H,17,18,21). The van der Waals surface area contributed by atoms with Crippen LogP contribution in [0.1, 0.15) is 5.56 Å². The van der Waals surface area contributed by atoms with Crippen molar-refractivity contribution >= 4 is 22.9 Å². The third-order valence-electron chi connectivity index (χ3n) is 4.42. The number of fused-ring (bicyclic) bond motifs is 1. The lowest BCUT2D eigenvalue weighted by Crippen LogP contribution is -2.49. The molecule has 2 heterocycles. The molecule has 0 aliphatic carbocycles. The summed E-state index contributed by atoms with van der Waals surface area (Å²) in [7, 11) is 3.05. The van der Waals surface area contributed by atoms with Crippen molar-refractivity contribution in [2.45, 2.75) is 6.92 Å². The molecule has 134 valence electrons. The zero-order valence-electron chi connectivity index (χ0n) is 14.3. The Hall–Kier alpha value is -2.97.